The van der Waals surface area contributed by atoms with Gasteiger partial charge in [-0.15, -0.1) is 0 Å². The third-order valence-electron chi connectivity index (χ3n) is 17.1. The Morgan fingerprint density at radius 2 is 1.01 bits per heavy atom. The average molecular weight is 1400 g/mol. The molecule has 3 saturated heterocycles. The smallest absolute Gasteiger partial charge is 0.410 e. The van der Waals surface area contributed by atoms with E-state index in [1.54, 1.807) is 70.8 Å². The molecule has 3 aliphatic heterocycles. The molecule has 0 spiro atoms. The van der Waals surface area contributed by atoms with Gasteiger partial charge in [0.2, 0.25) is 29.3 Å². The monoisotopic (exact) mass is 1400 g/mol. The molecule has 29 nitrogen and oxygen atoms in total. The van der Waals surface area contributed by atoms with Crippen molar-refractivity contribution >= 4 is 75.5 Å². The van der Waals surface area contributed by atoms with Crippen LogP contribution >= 0.6 is 0 Å². The first-order valence-corrected chi connectivity index (χ1v) is 33.6. The Hall–Kier alpha value is -12.1. The number of oxime groups is 1. The second kappa shape index (κ2) is 31.2. The van der Waals surface area contributed by atoms with Crippen molar-refractivity contribution in [2.45, 2.75) is 93.6 Å². The van der Waals surface area contributed by atoms with Crippen LogP contribution in [0.1, 0.15) is 120 Å². The fourth-order valence-corrected chi connectivity index (χ4v) is 11.4. The largest absolute Gasteiger partial charge is 0.481 e. The summed E-state index contributed by atoms with van der Waals surface area (Å²) in [6.07, 6.45) is 11.8. The van der Waals surface area contributed by atoms with Gasteiger partial charge in [0.1, 0.15) is 39.6 Å². The second-order valence-corrected chi connectivity index (χ2v) is 27.9. The number of nitrogens with two attached hydrogens (primary N) is 1. The van der Waals surface area contributed by atoms with Gasteiger partial charge in [0.05, 0.1) is 25.0 Å². The molecule has 103 heavy (non-hydrogen) atoms. The molecule has 11 heterocycles. The quantitative estimate of drug-likeness (QED) is 0.0204. The summed E-state index contributed by atoms with van der Waals surface area (Å²) >= 11 is 0. The maximum atomic E-state index is 13.0. The number of aromatic nitrogens is 10. The molecular weight excluding hydrogens is 1320 g/mol. The fraction of sp³-hybridized carbons (Fsp3) is 0.324. The van der Waals surface area contributed by atoms with Gasteiger partial charge in [-0.1, -0.05) is 90.8 Å². The number of carboxylic acids is 1. The van der Waals surface area contributed by atoms with Crippen molar-refractivity contribution in [3.8, 4) is 22.8 Å². The summed E-state index contributed by atoms with van der Waals surface area (Å²) < 4.78 is 21.2. The number of amides is 5. The van der Waals surface area contributed by atoms with E-state index in [1.807, 2.05) is 129 Å². The molecule has 534 valence electrons. The summed E-state index contributed by atoms with van der Waals surface area (Å²) in [6, 6.07) is 33.3. The summed E-state index contributed by atoms with van der Waals surface area (Å²) in [5, 5.41) is 40.5. The first kappa shape index (κ1) is 72.1. The van der Waals surface area contributed by atoms with Crippen molar-refractivity contribution in [2.75, 3.05) is 55.2 Å². The number of anilines is 3. The molecule has 0 bridgehead atoms. The minimum Gasteiger partial charge on any atom is -0.481 e. The molecule has 0 aliphatic carbocycles. The number of hydrogen-bond donors (Lipinski definition) is 7. The number of benzene rings is 3. The topological polar surface area (TPSA) is 375 Å². The van der Waals surface area contributed by atoms with Crippen molar-refractivity contribution in [2.24, 2.45) is 34.1 Å². The normalized spacial score (nSPS) is 14.0. The number of pyridine rings is 3. The number of ether oxygens (including phenoxy) is 1. The Morgan fingerprint density at radius 3 is 1.42 bits per heavy atom. The molecule has 14 rings (SSSR count). The number of nitrogens with zero attached hydrogens (tertiary/aromatic N) is 13. The van der Waals surface area contributed by atoms with Gasteiger partial charge in [-0.3, -0.25) is 37.2 Å². The molecule has 5 amide bonds. The first-order chi connectivity index (χ1) is 49.2. The van der Waals surface area contributed by atoms with E-state index in [9.17, 15) is 28.8 Å². The summed E-state index contributed by atoms with van der Waals surface area (Å²) in [5.41, 5.74) is 15.3. The fourth-order valence-electron chi connectivity index (χ4n) is 11.4. The summed E-state index contributed by atoms with van der Waals surface area (Å²) in [4.78, 5) is 97.7. The predicted molar refractivity (Wildman–Crippen MR) is 384 cm³/mol. The predicted octanol–water partition coefficient (Wildman–Crippen LogP) is 10.4. The number of carbonyl (C=O) groups is 6. The van der Waals surface area contributed by atoms with Crippen molar-refractivity contribution in [1.29, 1.82) is 0 Å². The van der Waals surface area contributed by atoms with E-state index in [2.05, 4.69) is 82.4 Å². The maximum absolute atomic E-state index is 13.0. The third kappa shape index (κ3) is 18.3. The molecule has 0 radical (unpaired) electrons. The van der Waals surface area contributed by atoms with E-state index in [4.69, 9.17) is 29.8 Å². The van der Waals surface area contributed by atoms with E-state index in [0.29, 0.717) is 112 Å². The number of aryl methyl sites for hydroxylation is 3. The number of hydrogen-bond acceptors (Lipinski definition) is 19. The van der Waals surface area contributed by atoms with E-state index >= 15 is 0 Å². The molecule has 3 fully saturated rings. The maximum Gasteiger partial charge on any atom is 0.410 e. The van der Waals surface area contributed by atoms with E-state index < -0.39 is 11.6 Å². The van der Waals surface area contributed by atoms with E-state index in [1.165, 1.54) is 11.1 Å². The lowest BCUT2D eigenvalue weighted by Gasteiger charge is -2.40. The number of fused-ring (bicyclic) bond motifs is 3. The highest BCUT2D eigenvalue weighted by Crippen LogP contribution is 2.30. The first-order valence-electron chi connectivity index (χ1n) is 33.6. The van der Waals surface area contributed by atoms with Crippen LogP contribution in [0.25, 0.3) is 39.7 Å². The Morgan fingerprint density at radius 1 is 0.583 bits per heavy atom. The van der Waals surface area contributed by atoms with Crippen LogP contribution in [0.3, 0.4) is 0 Å². The lowest BCUT2D eigenvalue weighted by Crippen LogP contribution is -2.52. The van der Waals surface area contributed by atoms with Gasteiger partial charge in [0.25, 0.3) is 17.7 Å². The zero-order valence-corrected chi connectivity index (χ0v) is 58.6. The molecular formula is C74H82N18O11. The van der Waals surface area contributed by atoms with Gasteiger partial charge in [-0.2, -0.15) is 9.97 Å². The van der Waals surface area contributed by atoms with Crippen LogP contribution in [0.4, 0.5) is 21.9 Å². The standard InChI is InChI=1S/C27H30N6O3.C21H20N6O2.C16H15N5O2.C10H17NO4/c1-17-8-9-19(12-20(17)29-26(35)21-14-28-22-7-5-6-10-33(21)22)25-30-23(36-31-25)11-18-15-32(16-18)24(34)13-27(2,3)4;1-13-5-6-15(20-25-19(29-26-20)8-14-10-22-11-14)9-16(13)24-21(28)17-12-23-18-4-2-3-7-27(17)18;1-10-5-6-11(15(17)20-23)8-12(10)19-16(22)13-9-18-14-4-2-3-7-21(13)14;1-10(2,3)15-9(14)11-5-7(6-11)4-8(12)13/h5-10,12,14,18H,11,13,15-16H2,1-4H3,(H,29,35);2-7,9,12,14,22H,8,10-11H2,1H3,(H,24,28);2-9,23H,1H3,(H2,17,20)(H,19,22);7H,4-6H2,1-3H3,(H,12,13). The van der Waals surface area contributed by atoms with E-state index in [-0.39, 0.29) is 53.3 Å². The molecule has 8 aromatic heterocycles. The highest BCUT2D eigenvalue weighted by atomic mass is 16.6. The number of likely N-dealkylation sites (tertiary alicyclic amines) is 2. The molecule has 29 heteroatoms. The Bertz CT molecular complexity index is 4940. The lowest BCUT2D eigenvalue weighted by molar-refractivity contribution is -0.140. The summed E-state index contributed by atoms with van der Waals surface area (Å²) in [7, 11) is 0. The van der Waals surface area contributed by atoms with Crippen LogP contribution in [0.15, 0.2) is 161 Å². The minimum atomic E-state index is -0.816. The van der Waals surface area contributed by atoms with Gasteiger partial charge in [-0.05, 0) is 137 Å². The average Bonchev–Trinajstić information content (AvgIpc) is 1.73. The van der Waals surface area contributed by atoms with Crippen LogP contribution in [-0.4, -0.2) is 155 Å². The minimum absolute atomic E-state index is 0.0113. The van der Waals surface area contributed by atoms with Crippen molar-refractivity contribution in [3.05, 3.63) is 197 Å². The number of rotatable bonds is 16. The van der Waals surface area contributed by atoms with Crippen LogP contribution in [0, 0.1) is 43.9 Å². The lowest BCUT2D eigenvalue weighted by atomic mass is 9.89. The number of aliphatic carboxylic acids is 1. The third-order valence-corrected chi connectivity index (χ3v) is 17.1. The molecule has 11 aromatic rings. The highest BCUT2D eigenvalue weighted by molar-refractivity contribution is 6.06. The number of carboxylic acid groups (broad SMARTS) is 1. The van der Waals surface area contributed by atoms with Crippen LogP contribution in [0.2, 0.25) is 0 Å². The van der Waals surface area contributed by atoms with Gasteiger partial charge in [0, 0.05) is 110 Å². The summed E-state index contributed by atoms with van der Waals surface area (Å²) in [5.74, 6) is 1.74. The number of nitrogens with one attached hydrogen (secondary N) is 4. The Kier molecular flexibility index (Phi) is 21.8. The Labute approximate surface area is 592 Å². The molecule has 8 N–H and O–H groups in total. The summed E-state index contributed by atoms with van der Waals surface area (Å²) in [6.45, 7) is 21.8. The molecule has 0 unspecified atom stereocenters. The van der Waals surface area contributed by atoms with Crippen LogP contribution < -0.4 is 27.0 Å². The van der Waals surface area contributed by atoms with Crippen molar-refractivity contribution < 1.29 is 52.9 Å². The van der Waals surface area contributed by atoms with Crippen LogP contribution in [0.5, 0.6) is 0 Å². The van der Waals surface area contributed by atoms with E-state index in [0.717, 1.165) is 66.1 Å². The SMILES string of the molecule is CC(C)(C)OC(=O)N1CC(CC(=O)O)C1.Cc1ccc(-c2noc(CC3CN(C(=O)CC(C)(C)C)C3)n2)cc1NC(=O)c1cnc2ccccn12.Cc1ccc(-c2noc(CC3CNC3)n2)cc1NC(=O)c1cnc2ccccn12.Cc1ccc(/C(N)=N/O)cc1NC(=O)c1cnc2ccccn12. The molecule has 0 saturated carbocycles. The van der Waals surface area contributed by atoms with Crippen molar-refractivity contribution in [1.82, 2.24) is 63.6 Å². The van der Waals surface area contributed by atoms with Crippen LogP contribution in [-0.2, 0) is 27.2 Å². The van der Waals surface area contributed by atoms with Gasteiger partial charge in [0.15, 0.2) is 5.84 Å². The zero-order chi connectivity index (χ0) is 73.3. The molecule has 3 aromatic carbocycles. The van der Waals surface area contributed by atoms with Gasteiger partial charge < -0.3 is 60.9 Å². The molecule has 3 aliphatic rings. The molecule has 0 atom stereocenters. The Balaban J connectivity index is 0.000000144. The number of imidazole rings is 3. The van der Waals surface area contributed by atoms with Crippen molar-refractivity contribution in [3.63, 3.8) is 0 Å². The highest BCUT2D eigenvalue weighted by Gasteiger charge is 2.36. The number of carbonyl (C=O) groups excluding carboxylic acids is 5. The van der Waals surface area contributed by atoms with Gasteiger partial charge >= 0.3 is 12.1 Å². The van der Waals surface area contributed by atoms with Gasteiger partial charge in [-0.25, -0.2) is 19.7 Å². The zero-order valence-electron chi connectivity index (χ0n) is 58.6. The number of amidine groups is 1. The second-order valence-electron chi connectivity index (χ2n) is 27.9.